The number of hydrogen-bond donors (Lipinski definition) is 0. The topological polar surface area (TPSA) is 76.2 Å². The van der Waals surface area contributed by atoms with Crippen LogP contribution in [0.5, 0.6) is 11.5 Å². The number of sulfonamides is 1. The Bertz CT molecular complexity index is 1250. The highest BCUT2D eigenvalue weighted by atomic mass is 32.2. The van der Waals surface area contributed by atoms with Crippen LogP contribution in [0.15, 0.2) is 65.6 Å². The number of carbonyl (C=O) groups is 1. The van der Waals surface area contributed by atoms with Gasteiger partial charge in [-0.15, -0.1) is 0 Å². The van der Waals surface area contributed by atoms with E-state index in [1.165, 1.54) is 4.31 Å². The second-order valence-electron chi connectivity index (χ2n) is 7.56. The molecule has 5 rings (SSSR count). The first-order chi connectivity index (χ1) is 15.0. The molecule has 0 aromatic heterocycles. The van der Waals surface area contributed by atoms with Gasteiger partial charge in [-0.1, -0.05) is 30.3 Å². The summed E-state index contributed by atoms with van der Waals surface area (Å²) in [5, 5.41) is 1.88. The maximum atomic E-state index is 13.1. The lowest BCUT2D eigenvalue weighted by Crippen LogP contribution is -2.50. The molecule has 3 aromatic rings. The van der Waals surface area contributed by atoms with Crippen molar-refractivity contribution in [2.75, 3.05) is 39.4 Å². The fraction of sp³-hybridized carbons (Fsp3) is 0.261. The Labute approximate surface area is 180 Å². The summed E-state index contributed by atoms with van der Waals surface area (Å²) < 4.78 is 38.8. The van der Waals surface area contributed by atoms with Crippen LogP contribution < -0.4 is 9.47 Å². The van der Waals surface area contributed by atoms with Crippen LogP contribution in [0.2, 0.25) is 0 Å². The van der Waals surface area contributed by atoms with Crippen LogP contribution in [-0.2, 0) is 10.0 Å². The minimum atomic E-state index is -3.62. The van der Waals surface area contributed by atoms with E-state index in [0.717, 1.165) is 10.8 Å². The van der Waals surface area contributed by atoms with Crippen molar-refractivity contribution in [3.05, 3.63) is 66.2 Å². The number of amides is 1. The summed E-state index contributed by atoms with van der Waals surface area (Å²) >= 11 is 0. The minimum absolute atomic E-state index is 0.139. The molecule has 1 saturated heterocycles. The molecule has 0 bridgehead atoms. The van der Waals surface area contributed by atoms with Crippen LogP contribution in [0.4, 0.5) is 0 Å². The number of carbonyl (C=O) groups excluding carboxylic acids is 1. The van der Waals surface area contributed by atoms with E-state index in [-0.39, 0.29) is 23.9 Å². The average molecular weight is 439 g/mol. The summed E-state index contributed by atoms with van der Waals surface area (Å²) in [4.78, 5) is 14.9. The Hall–Kier alpha value is -3.10. The Morgan fingerprint density at radius 2 is 1.48 bits per heavy atom. The summed E-state index contributed by atoms with van der Waals surface area (Å²) in [6.45, 7) is 2.13. The lowest BCUT2D eigenvalue weighted by molar-refractivity contribution is 0.0697. The van der Waals surface area contributed by atoms with E-state index in [2.05, 4.69) is 0 Å². The number of fused-ring (bicyclic) bond motifs is 2. The van der Waals surface area contributed by atoms with Crippen molar-refractivity contribution in [2.45, 2.75) is 4.90 Å². The standard InChI is InChI=1S/C23H22N2O5S/c26-23(19-6-8-21-22(16-19)30-14-13-29-21)24-9-11-25(12-10-24)31(27,28)20-7-5-17-3-1-2-4-18(17)15-20/h1-8,15-16H,9-14H2. The van der Waals surface area contributed by atoms with Crippen molar-refractivity contribution < 1.29 is 22.7 Å². The Morgan fingerprint density at radius 3 is 2.26 bits per heavy atom. The molecular weight excluding hydrogens is 416 g/mol. The van der Waals surface area contributed by atoms with Crippen LogP contribution in [0, 0.1) is 0 Å². The zero-order chi connectivity index (χ0) is 21.4. The molecule has 0 unspecified atom stereocenters. The van der Waals surface area contributed by atoms with Gasteiger partial charge in [0.1, 0.15) is 13.2 Å². The largest absolute Gasteiger partial charge is 0.486 e. The van der Waals surface area contributed by atoms with E-state index in [1.807, 2.05) is 30.3 Å². The minimum Gasteiger partial charge on any atom is -0.486 e. The van der Waals surface area contributed by atoms with Gasteiger partial charge in [-0.05, 0) is 41.1 Å². The first-order valence-corrected chi connectivity index (χ1v) is 11.6. The predicted octanol–water partition coefficient (Wildman–Crippen LogP) is 2.76. The van der Waals surface area contributed by atoms with Crippen molar-refractivity contribution in [1.82, 2.24) is 9.21 Å². The molecule has 0 atom stereocenters. The zero-order valence-corrected chi connectivity index (χ0v) is 17.7. The van der Waals surface area contributed by atoms with E-state index < -0.39 is 10.0 Å². The molecule has 1 amide bonds. The normalized spacial score (nSPS) is 17.0. The van der Waals surface area contributed by atoms with Gasteiger partial charge in [-0.2, -0.15) is 4.31 Å². The van der Waals surface area contributed by atoms with Gasteiger partial charge >= 0.3 is 0 Å². The molecule has 2 heterocycles. The molecule has 7 nitrogen and oxygen atoms in total. The third-order valence-electron chi connectivity index (χ3n) is 5.67. The average Bonchev–Trinajstić information content (AvgIpc) is 2.83. The molecule has 0 saturated carbocycles. The van der Waals surface area contributed by atoms with E-state index in [1.54, 1.807) is 35.2 Å². The zero-order valence-electron chi connectivity index (χ0n) is 16.9. The summed E-state index contributed by atoms with van der Waals surface area (Å²) in [5.74, 6) is 1.06. The van der Waals surface area contributed by atoms with Crippen LogP contribution >= 0.6 is 0 Å². The number of ether oxygens (including phenoxy) is 2. The number of benzene rings is 3. The highest BCUT2D eigenvalue weighted by molar-refractivity contribution is 7.89. The predicted molar refractivity (Wildman–Crippen MR) is 116 cm³/mol. The van der Waals surface area contributed by atoms with Crippen molar-refractivity contribution in [1.29, 1.82) is 0 Å². The summed E-state index contributed by atoms with van der Waals surface area (Å²) in [6.07, 6.45) is 0. The molecule has 160 valence electrons. The van der Waals surface area contributed by atoms with Gasteiger partial charge in [0, 0.05) is 31.7 Å². The Morgan fingerprint density at radius 1 is 0.774 bits per heavy atom. The van der Waals surface area contributed by atoms with Crippen LogP contribution in [0.25, 0.3) is 10.8 Å². The highest BCUT2D eigenvalue weighted by Gasteiger charge is 2.31. The van der Waals surface area contributed by atoms with Gasteiger partial charge in [0.2, 0.25) is 10.0 Å². The van der Waals surface area contributed by atoms with Gasteiger partial charge in [0.25, 0.3) is 5.91 Å². The molecule has 3 aromatic carbocycles. The lowest BCUT2D eigenvalue weighted by atomic mass is 10.1. The molecule has 31 heavy (non-hydrogen) atoms. The van der Waals surface area contributed by atoms with Crippen molar-refractivity contribution >= 4 is 26.7 Å². The van der Waals surface area contributed by atoms with Crippen LogP contribution in [-0.4, -0.2) is 62.9 Å². The molecule has 2 aliphatic heterocycles. The highest BCUT2D eigenvalue weighted by Crippen LogP contribution is 2.31. The van der Waals surface area contributed by atoms with Gasteiger partial charge < -0.3 is 14.4 Å². The van der Waals surface area contributed by atoms with E-state index in [9.17, 15) is 13.2 Å². The SMILES string of the molecule is O=C(c1ccc2c(c1)OCCO2)N1CCN(S(=O)(=O)c2ccc3ccccc3c2)CC1. The summed E-state index contributed by atoms with van der Waals surface area (Å²) in [6, 6.07) is 18.0. The van der Waals surface area contributed by atoms with Gasteiger partial charge in [0.05, 0.1) is 4.90 Å². The third-order valence-corrected chi connectivity index (χ3v) is 7.57. The molecule has 0 radical (unpaired) electrons. The van der Waals surface area contributed by atoms with Gasteiger partial charge in [0.15, 0.2) is 11.5 Å². The van der Waals surface area contributed by atoms with E-state index in [0.29, 0.717) is 43.4 Å². The monoisotopic (exact) mass is 438 g/mol. The first-order valence-electron chi connectivity index (χ1n) is 10.2. The van der Waals surface area contributed by atoms with E-state index in [4.69, 9.17) is 9.47 Å². The Balaban J connectivity index is 1.29. The van der Waals surface area contributed by atoms with Crippen LogP contribution in [0.1, 0.15) is 10.4 Å². The molecule has 2 aliphatic rings. The maximum Gasteiger partial charge on any atom is 0.254 e. The van der Waals surface area contributed by atoms with Gasteiger partial charge in [-0.25, -0.2) is 8.42 Å². The molecule has 8 heteroatoms. The fourth-order valence-corrected chi connectivity index (χ4v) is 5.43. The fourth-order valence-electron chi connectivity index (χ4n) is 3.97. The second kappa shape index (κ2) is 7.86. The van der Waals surface area contributed by atoms with Crippen molar-refractivity contribution in [3.63, 3.8) is 0 Å². The first kappa shape index (κ1) is 19.8. The third kappa shape index (κ3) is 3.73. The van der Waals surface area contributed by atoms with Crippen molar-refractivity contribution in [3.8, 4) is 11.5 Å². The molecule has 0 aliphatic carbocycles. The van der Waals surface area contributed by atoms with Crippen molar-refractivity contribution in [2.24, 2.45) is 0 Å². The molecule has 1 fully saturated rings. The molecular formula is C23H22N2O5S. The number of nitrogens with zero attached hydrogens (tertiary/aromatic N) is 2. The number of hydrogen-bond acceptors (Lipinski definition) is 5. The van der Waals surface area contributed by atoms with E-state index >= 15 is 0 Å². The second-order valence-corrected chi connectivity index (χ2v) is 9.50. The smallest absolute Gasteiger partial charge is 0.254 e. The van der Waals surface area contributed by atoms with Crippen LogP contribution in [0.3, 0.4) is 0 Å². The maximum absolute atomic E-state index is 13.1. The Kier molecular flexibility index (Phi) is 5.03. The lowest BCUT2D eigenvalue weighted by Gasteiger charge is -2.34. The number of piperazine rings is 1. The molecule has 0 spiro atoms. The summed E-state index contributed by atoms with van der Waals surface area (Å²) in [5.41, 5.74) is 0.509. The molecule has 0 N–H and O–H groups in total. The number of rotatable bonds is 3. The van der Waals surface area contributed by atoms with Gasteiger partial charge in [-0.3, -0.25) is 4.79 Å². The summed E-state index contributed by atoms with van der Waals surface area (Å²) in [7, 11) is -3.62. The quantitative estimate of drug-likeness (QED) is 0.629.